The van der Waals surface area contributed by atoms with Gasteiger partial charge in [0.05, 0.1) is 17.9 Å². The average Bonchev–Trinajstić information content (AvgIpc) is 2.79. The first kappa shape index (κ1) is 21.1. The second-order valence-corrected chi connectivity index (χ2v) is 6.90. The van der Waals surface area contributed by atoms with Crippen LogP contribution >= 0.6 is 0 Å². The molecule has 0 aliphatic heterocycles. The summed E-state index contributed by atoms with van der Waals surface area (Å²) in [6.45, 7) is 2.62. The number of benzene rings is 3. The molecule has 5 nitrogen and oxygen atoms in total. The maximum absolute atomic E-state index is 13.1. The third-order valence-corrected chi connectivity index (χ3v) is 4.81. The summed E-state index contributed by atoms with van der Waals surface area (Å²) in [7, 11) is 1.82. The third-order valence-electron chi connectivity index (χ3n) is 4.81. The van der Waals surface area contributed by atoms with Crippen molar-refractivity contribution in [2.45, 2.75) is 19.8 Å². The number of ether oxygens (including phenoxy) is 1. The Morgan fingerprint density at radius 1 is 1.00 bits per heavy atom. The van der Waals surface area contributed by atoms with Gasteiger partial charge in [0, 0.05) is 24.4 Å². The van der Waals surface area contributed by atoms with Crippen molar-refractivity contribution >= 4 is 23.6 Å². The number of unbranched alkanes of at least 4 members (excludes halogenated alkanes) is 1. The first-order valence-electron chi connectivity index (χ1n) is 10.1. The normalized spacial score (nSPS) is 10.3. The molecule has 3 aromatic rings. The molecule has 0 saturated carbocycles. The molecule has 0 unspecified atom stereocenters. The number of anilines is 2. The average molecular weight is 402 g/mol. The highest BCUT2D eigenvalue weighted by Crippen LogP contribution is 2.28. The van der Waals surface area contributed by atoms with E-state index < -0.39 is 0 Å². The number of hydrogen-bond acceptors (Lipinski definition) is 4. The van der Waals surface area contributed by atoms with Gasteiger partial charge in [-0.3, -0.25) is 9.59 Å². The summed E-state index contributed by atoms with van der Waals surface area (Å²) >= 11 is 0. The molecule has 0 saturated heterocycles. The van der Waals surface area contributed by atoms with Crippen molar-refractivity contribution < 1.29 is 14.3 Å². The first-order chi connectivity index (χ1) is 14.7. The van der Waals surface area contributed by atoms with E-state index in [2.05, 4.69) is 17.6 Å². The molecule has 0 aromatic heterocycles. The van der Waals surface area contributed by atoms with E-state index in [1.807, 2.05) is 61.6 Å². The van der Waals surface area contributed by atoms with Crippen LogP contribution < -0.4 is 15.4 Å². The first-order valence-corrected chi connectivity index (χ1v) is 10.1. The highest BCUT2D eigenvalue weighted by molar-refractivity contribution is 6.08. The molecule has 5 heteroatoms. The largest absolute Gasteiger partial charge is 0.493 e. The fourth-order valence-electron chi connectivity index (χ4n) is 3.08. The maximum atomic E-state index is 13.1. The molecule has 0 radical (unpaired) electrons. The van der Waals surface area contributed by atoms with E-state index >= 15 is 0 Å². The van der Waals surface area contributed by atoms with Crippen molar-refractivity contribution in [2.75, 3.05) is 24.3 Å². The molecule has 0 spiro atoms. The molecule has 30 heavy (non-hydrogen) atoms. The Bertz CT molecular complexity index is 1020. The fraction of sp³-hybridized carbons (Fsp3) is 0.200. The highest BCUT2D eigenvalue weighted by atomic mass is 16.5. The smallest absolute Gasteiger partial charge is 0.259 e. The van der Waals surface area contributed by atoms with E-state index in [1.54, 1.807) is 12.1 Å². The van der Waals surface area contributed by atoms with Gasteiger partial charge in [0.15, 0.2) is 6.29 Å². The Morgan fingerprint density at radius 3 is 2.50 bits per heavy atom. The van der Waals surface area contributed by atoms with Crippen LogP contribution in [0.2, 0.25) is 0 Å². The van der Waals surface area contributed by atoms with Crippen LogP contribution in [0.1, 0.15) is 40.5 Å². The van der Waals surface area contributed by atoms with Gasteiger partial charge in [-0.15, -0.1) is 0 Å². The second kappa shape index (κ2) is 10.3. The highest BCUT2D eigenvalue weighted by Gasteiger charge is 2.16. The van der Waals surface area contributed by atoms with Crippen LogP contribution in [0, 0.1) is 0 Å². The molecule has 0 fully saturated rings. The minimum atomic E-state index is -0.322. The van der Waals surface area contributed by atoms with E-state index in [0.29, 0.717) is 29.2 Å². The second-order valence-electron chi connectivity index (χ2n) is 6.90. The predicted octanol–water partition coefficient (Wildman–Crippen LogP) is 5.64. The Hall–Kier alpha value is -3.60. The van der Waals surface area contributed by atoms with E-state index in [0.717, 1.165) is 35.9 Å². The van der Waals surface area contributed by atoms with Crippen molar-refractivity contribution in [2.24, 2.45) is 0 Å². The minimum Gasteiger partial charge on any atom is -0.493 e. The minimum absolute atomic E-state index is 0.322. The molecule has 0 aliphatic carbocycles. The van der Waals surface area contributed by atoms with Gasteiger partial charge in [-0.25, -0.2) is 0 Å². The summed E-state index contributed by atoms with van der Waals surface area (Å²) in [5, 5.41) is 5.95. The van der Waals surface area contributed by atoms with Gasteiger partial charge in [-0.2, -0.15) is 0 Å². The van der Waals surface area contributed by atoms with Crippen molar-refractivity contribution in [3.8, 4) is 16.9 Å². The third kappa shape index (κ3) is 5.06. The number of aldehydes is 1. The predicted molar refractivity (Wildman–Crippen MR) is 122 cm³/mol. The summed E-state index contributed by atoms with van der Waals surface area (Å²) in [6, 6.07) is 20.6. The Balaban J connectivity index is 1.90. The summed E-state index contributed by atoms with van der Waals surface area (Å²) in [5.74, 6) is 0.192. The fourth-order valence-corrected chi connectivity index (χ4v) is 3.08. The molecular formula is C25H26N2O3. The summed E-state index contributed by atoms with van der Waals surface area (Å²) in [4.78, 5) is 24.6. The van der Waals surface area contributed by atoms with Gasteiger partial charge in [0.1, 0.15) is 5.75 Å². The van der Waals surface area contributed by atoms with Gasteiger partial charge in [-0.05, 0) is 41.8 Å². The van der Waals surface area contributed by atoms with Crippen LogP contribution in [0.25, 0.3) is 11.1 Å². The molecule has 0 aliphatic rings. The van der Waals surface area contributed by atoms with Crippen LogP contribution in [0.15, 0.2) is 66.7 Å². The van der Waals surface area contributed by atoms with Crippen LogP contribution in [0.4, 0.5) is 11.4 Å². The summed E-state index contributed by atoms with van der Waals surface area (Å²) in [6.07, 6.45) is 2.65. The molecule has 1 amide bonds. The number of nitrogens with one attached hydrogen (secondary N) is 2. The molecule has 0 atom stereocenters. The SMILES string of the molecule is CCCCOc1cc(NC)ccc1C(=O)Nc1cc(-c2ccccc2)ccc1C=O. The lowest BCUT2D eigenvalue weighted by Gasteiger charge is -2.15. The van der Waals surface area contributed by atoms with Gasteiger partial charge in [-0.1, -0.05) is 49.7 Å². The van der Waals surface area contributed by atoms with E-state index in [4.69, 9.17) is 4.74 Å². The number of carbonyl (C=O) groups excluding carboxylic acids is 2. The van der Waals surface area contributed by atoms with Crippen LogP contribution in [-0.4, -0.2) is 25.8 Å². The number of hydrogen-bond donors (Lipinski definition) is 2. The molecule has 0 bridgehead atoms. The number of rotatable bonds is 9. The molecular weight excluding hydrogens is 376 g/mol. The standard InChI is InChI=1S/C25H26N2O3/c1-3-4-14-30-24-16-21(26-2)12-13-22(24)25(29)27-23-15-19(10-11-20(23)17-28)18-8-6-5-7-9-18/h5-13,15-17,26H,3-4,14H2,1-2H3,(H,27,29). The van der Waals surface area contributed by atoms with Crippen molar-refractivity contribution in [1.82, 2.24) is 0 Å². The summed E-state index contributed by atoms with van der Waals surface area (Å²) < 4.78 is 5.86. The molecule has 3 aromatic carbocycles. The van der Waals surface area contributed by atoms with Gasteiger partial charge in [0.2, 0.25) is 0 Å². The lowest BCUT2D eigenvalue weighted by molar-refractivity contribution is 0.102. The zero-order valence-electron chi connectivity index (χ0n) is 17.3. The number of carbonyl (C=O) groups is 2. The van der Waals surface area contributed by atoms with Crippen LogP contribution in [0.5, 0.6) is 5.75 Å². The molecule has 0 heterocycles. The lowest BCUT2D eigenvalue weighted by Crippen LogP contribution is -2.15. The summed E-state index contributed by atoms with van der Waals surface area (Å²) in [5.41, 5.74) is 4.09. The zero-order chi connectivity index (χ0) is 21.3. The Kier molecular flexibility index (Phi) is 7.22. The van der Waals surface area contributed by atoms with E-state index in [1.165, 1.54) is 0 Å². The Labute approximate surface area is 177 Å². The topological polar surface area (TPSA) is 67.4 Å². The molecule has 154 valence electrons. The number of amides is 1. The van der Waals surface area contributed by atoms with Gasteiger partial charge < -0.3 is 15.4 Å². The Morgan fingerprint density at radius 2 is 1.80 bits per heavy atom. The molecule has 2 N–H and O–H groups in total. The molecule has 3 rings (SSSR count). The van der Waals surface area contributed by atoms with E-state index in [-0.39, 0.29) is 5.91 Å². The quantitative estimate of drug-likeness (QED) is 0.359. The van der Waals surface area contributed by atoms with Crippen molar-refractivity contribution in [1.29, 1.82) is 0 Å². The van der Waals surface area contributed by atoms with Crippen molar-refractivity contribution in [3.05, 3.63) is 77.9 Å². The lowest BCUT2D eigenvalue weighted by atomic mass is 10.0. The maximum Gasteiger partial charge on any atom is 0.259 e. The van der Waals surface area contributed by atoms with Crippen molar-refractivity contribution in [3.63, 3.8) is 0 Å². The van der Waals surface area contributed by atoms with Crippen LogP contribution in [-0.2, 0) is 0 Å². The van der Waals surface area contributed by atoms with E-state index in [9.17, 15) is 9.59 Å². The van der Waals surface area contributed by atoms with Gasteiger partial charge >= 0.3 is 0 Å². The van der Waals surface area contributed by atoms with Crippen LogP contribution in [0.3, 0.4) is 0 Å². The zero-order valence-corrected chi connectivity index (χ0v) is 17.3. The monoisotopic (exact) mass is 402 g/mol. The van der Waals surface area contributed by atoms with Gasteiger partial charge in [0.25, 0.3) is 5.91 Å².